The first-order valence-electron chi connectivity index (χ1n) is 8.71. The van der Waals surface area contributed by atoms with E-state index in [9.17, 15) is 4.79 Å². The van der Waals surface area contributed by atoms with Gasteiger partial charge in [0.2, 0.25) is 5.91 Å². The summed E-state index contributed by atoms with van der Waals surface area (Å²) in [4.78, 5) is 14.8. The van der Waals surface area contributed by atoms with Crippen LogP contribution >= 0.6 is 36.6 Å². The number of thioether (sulfide) groups is 1. The van der Waals surface area contributed by atoms with Gasteiger partial charge in [0.1, 0.15) is 0 Å². The molecule has 2 aliphatic rings. The topological polar surface area (TPSA) is 53.6 Å². The molecule has 0 bridgehead atoms. The molecule has 5 nitrogen and oxygen atoms in total. The van der Waals surface area contributed by atoms with Gasteiger partial charge in [-0.15, -0.1) is 24.8 Å². The third-order valence-electron chi connectivity index (χ3n) is 4.52. The second-order valence-electron chi connectivity index (χ2n) is 6.52. The number of amides is 1. The number of nitrogens with one attached hydrogen (secondary N) is 2. The summed E-state index contributed by atoms with van der Waals surface area (Å²) in [5, 5.41) is 6.40. The Morgan fingerprint density at radius 2 is 2.12 bits per heavy atom. The number of ether oxygens (including phenoxy) is 1. The van der Waals surface area contributed by atoms with Crippen molar-refractivity contribution < 1.29 is 9.53 Å². The van der Waals surface area contributed by atoms with Crippen molar-refractivity contribution in [3.63, 3.8) is 0 Å². The fourth-order valence-electron chi connectivity index (χ4n) is 3.10. The molecule has 0 radical (unpaired) electrons. The van der Waals surface area contributed by atoms with Gasteiger partial charge in [-0.05, 0) is 24.1 Å². The number of hydrogen-bond donors (Lipinski definition) is 2. The van der Waals surface area contributed by atoms with E-state index in [1.54, 1.807) is 0 Å². The number of benzene rings is 1. The summed E-state index contributed by atoms with van der Waals surface area (Å²) in [6.45, 7) is 7.45. The van der Waals surface area contributed by atoms with Crippen LogP contribution in [0.25, 0.3) is 0 Å². The lowest BCUT2D eigenvalue weighted by Gasteiger charge is -2.26. The summed E-state index contributed by atoms with van der Waals surface area (Å²) in [6.07, 6.45) is 0.451. The maximum atomic E-state index is 12.3. The summed E-state index contributed by atoms with van der Waals surface area (Å²) in [5.41, 5.74) is 3.30. The molecule has 2 saturated heterocycles. The van der Waals surface area contributed by atoms with Gasteiger partial charge in [-0.25, -0.2) is 0 Å². The van der Waals surface area contributed by atoms with E-state index in [-0.39, 0.29) is 36.8 Å². The van der Waals surface area contributed by atoms with Crippen molar-refractivity contribution >= 4 is 48.2 Å². The summed E-state index contributed by atoms with van der Waals surface area (Å²) in [5.74, 6) is 2.48. The van der Waals surface area contributed by atoms with Gasteiger partial charge >= 0.3 is 0 Å². The zero-order valence-corrected chi connectivity index (χ0v) is 17.6. The van der Waals surface area contributed by atoms with Crippen LogP contribution in [0.2, 0.25) is 0 Å². The molecule has 0 aliphatic carbocycles. The van der Waals surface area contributed by atoms with Crippen molar-refractivity contribution in [2.24, 2.45) is 0 Å². The number of carbonyl (C=O) groups is 1. The molecule has 1 unspecified atom stereocenters. The quantitative estimate of drug-likeness (QED) is 0.765. The number of aryl methyl sites for hydroxylation is 1. The third kappa shape index (κ3) is 7.25. The minimum absolute atomic E-state index is 0. The Labute approximate surface area is 172 Å². The number of nitrogens with zero attached hydrogens (tertiary/aromatic N) is 1. The number of carbonyl (C=O) groups excluding carboxylic acids is 1. The van der Waals surface area contributed by atoms with Crippen LogP contribution in [0.4, 0.5) is 5.69 Å². The summed E-state index contributed by atoms with van der Waals surface area (Å²) in [6, 6.07) is 6.52. The van der Waals surface area contributed by atoms with Crippen LogP contribution < -0.4 is 10.6 Å². The van der Waals surface area contributed by atoms with Crippen LogP contribution in [0.15, 0.2) is 18.2 Å². The first-order chi connectivity index (χ1) is 11.7. The van der Waals surface area contributed by atoms with Gasteiger partial charge in [-0.3, -0.25) is 9.69 Å². The van der Waals surface area contributed by atoms with Crippen LogP contribution in [0.5, 0.6) is 0 Å². The average molecular weight is 422 g/mol. The van der Waals surface area contributed by atoms with Crippen LogP contribution in [-0.4, -0.2) is 61.2 Å². The molecule has 0 saturated carbocycles. The normalized spacial score (nSPS) is 20.6. The highest BCUT2D eigenvalue weighted by Crippen LogP contribution is 2.20. The number of hydrogen-bond acceptors (Lipinski definition) is 5. The van der Waals surface area contributed by atoms with E-state index in [0.29, 0.717) is 13.0 Å². The molecule has 1 aromatic rings. The fourth-order valence-corrected chi connectivity index (χ4v) is 4.07. The van der Waals surface area contributed by atoms with Gasteiger partial charge in [0.15, 0.2) is 0 Å². The van der Waals surface area contributed by atoms with E-state index in [1.807, 2.05) is 18.7 Å². The standard InChI is InChI=1S/C18H27N3O2S.2ClH/c1-14-2-3-15(12-21-5-8-24-9-6-21)10-17(14)20-18(22)11-16-13-23-7-4-19-16;;/h2-3,10,16,19H,4-9,11-13H2,1H3,(H,20,22);2*1H. The zero-order valence-electron chi connectivity index (χ0n) is 15.2. The van der Waals surface area contributed by atoms with Crippen molar-refractivity contribution in [3.05, 3.63) is 29.3 Å². The lowest BCUT2D eigenvalue weighted by atomic mass is 10.1. The molecule has 3 rings (SSSR count). The SMILES string of the molecule is Cc1ccc(CN2CCSCC2)cc1NC(=O)CC1COCCN1.Cl.Cl. The van der Waals surface area contributed by atoms with E-state index in [0.717, 1.165) is 44.0 Å². The Hall–Kier alpha value is -0.500. The number of rotatable bonds is 5. The van der Waals surface area contributed by atoms with E-state index < -0.39 is 0 Å². The molecule has 2 N–H and O–H groups in total. The Balaban J connectivity index is 0.00000169. The molecule has 148 valence electrons. The predicted octanol–water partition coefficient (Wildman–Crippen LogP) is 2.70. The smallest absolute Gasteiger partial charge is 0.226 e. The van der Waals surface area contributed by atoms with Gasteiger partial charge in [0, 0.05) is 55.8 Å². The minimum atomic E-state index is 0. The van der Waals surface area contributed by atoms with Crippen molar-refractivity contribution in [2.45, 2.75) is 25.9 Å². The third-order valence-corrected chi connectivity index (χ3v) is 5.46. The lowest BCUT2D eigenvalue weighted by molar-refractivity contribution is -0.117. The monoisotopic (exact) mass is 421 g/mol. The summed E-state index contributed by atoms with van der Waals surface area (Å²) in [7, 11) is 0. The molecule has 8 heteroatoms. The molecule has 1 aromatic carbocycles. The molecule has 1 amide bonds. The number of anilines is 1. The second kappa shape index (κ2) is 12.1. The largest absolute Gasteiger partial charge is 0.378 e. The summed E-state index contributed by atoms with van der Waals surface area (Å²) < 4.78 is 5.41. The van der Waals surface area contributed by atoms with Gasteiger partial charge < -0.3 is 15.4 Å². The van der Waals surface area contributed by atoms with Crippen LogP contribution in [-0.2, 0) is 16.1 Å². The van der Waals surface area contributed by atoms with Crippen molar-refractivity contribution in [1.29, 1.82) is 0 Å². The van der Waals surface area contributed by atoms with E-state index in [1.165, 1.54) is 17.1 Å². The zero-order chi connectivity index (χ0) is 16.8. The predicted molar refractivity (Wildman–Crippen MR) is 114 cm³/mol. The number of halogens is 2. The highest BCUT2D eigenvalue weighted by molar-refractivity contribution is 7.99. The van der Waals surface area contributed by atoms with Gasteiger partial charge in [-0.2, -0.15) is 11.8 Å². The lowest BCUT2D eigenvalue weighted by Crippen LogP contribution is -2.43. The molecule has 2 aliphatic heterocycles. The number of morpholine rings is 1. The molecule has 1 atom stereocenters. The first-order valence-corrected chi connectivity index (χ1v) is 9.87. The maximum Gasteiger partial charge on any atom is 0.226 e. The van der Waals surface area contributed by atoms with Gasteiger partial charge in [0.25, 0.3) is 0 Å². The van der Waals surface area contributed by atoms with Crippen molar-refractivity contribution in [2.75, 3.05) is 49.7 Å². The van der Waals surface area contributed by atoms with Crippen molar-refractivity contribution in [1.82, 2.24) is 10.2 Å². The van der Waals surface area contributed by atoms with E-state index >= 15 is 0 Å². The maximum absolute atomic E-state index is 12.3. The molecule has 0 spiro atoms. The average Bonchev–Trinajstić information content (AvgIpc) is 2.60. The minimum Gasteiger partial charge on any atom is -0.378 e. The van der Waals surface area contributed by atoms with Gasteiger partial charge in [-0.1, -0.05) is 12.1 Å². The Kier molecular flexibility index (Phi) is 10.9. The highest BCUT2D eigenvalue weighted by atomic mass is 35.5. The van der Waals surface area contributed by atoms with Crippen LogP contribution in [0, 0.1) is 6.92 Å². The van der Waals surface area contributed by atoms with Crippen LogP contribution in [0.1, 0.15) is 17.5 Å². The van der Waals surface area contributed by atoms with Gasteiger partial charge in [0.05, 0.1) is 13.2 Å². The molecule has 2 heterocycles. The molecular formula is C18H29Cl2N3O2S. The summed E-state index contributed by atoms with van der Waals surface area (Å²) >= 11 is 2.02. The molecule has 2 fully saturated rings. The molecule has 26 heavy (non-hydrogen) atoms. The Bertz CT molecular complexity index is 565. The molecule has 0 aromatic heterocycles. The second-order valence-corrected chi connectivity index (χ2v) is 7.74. The first kappa shape index (κ1) is 23.5. The fraction of sp³-hybridized carbons (Fsp3) is 0.611. The molecular weight excluding hydrogens is 393 g/mol. The Morgan fingerprint density at radius 3 is 2.81 bits per heavy atom. The van der Waals surface area contributed by atoms with E-state index in [2.05, 4.69) is 33.7 Å². The van der Waals surface area contributed by atoms with E-state index in [4.69, 9.17) is 4.74 Å². The Morgan fingerprint density at radius 1 is 1.35 bits per heavy atom. The van der Waals surface area contributed by atoms with Crippen LogP contribution in [0.3, 0.4) is 0 Å². The highest BCUT2D eigenvalue weighted by Gasteiger charge is 2.17. The van der Waals surface area contributed by atoms with Crippen molar-refractivity contribution in [3.8, 4) is 0 Å².